The van der Waals surface area contributed by atoms with Crippen LogP contribution in [0.2, 0.25) is 0 Å². The molecule has 1 aliphatic heterocycles. The summed E-state index contributed by atoms with van der Waals surface area (Å²) < 4.78 is 22.5. The largest absolute Gasteiger partial charge is 0.480 e. The zero-order chi connectivity index (χ0) is 16.0. The van der Waals surface area contributed by atoms with E-state index in [0.29, 0.717) is 6.42 Å². The summed E-state index contributed by atoms with van der Waals surface area (Å²) in [5.74, 6) is -2.21. The number of carbonyl (C=O) groups excluding carboxylic acids is 2. The van der Waals surface area contributed by atoms with Crippen LogP contribution in [0, 0.1) is 0 Å². The van der Waals surface area contributed by atoms with Crippen LogP contribution in [0.25, 0.3) is 0 Å². The summed E-state index contributed by atoms with van der Waals surface area (Å²) in [5.41, 5.74) is 4.93. The molecule has 0 aromatic carbocycles. The van der Waals surface area contributed by atoms with Crippen LogP contribution in [0.3, 0.4) is 0 Å². The third-order valence-electron chi connectivity index (χ3n) is 2.95. The molecule has 2 atom stereocenters. The Labute approximate surface area is 126 Å². The molecule has 1 saturated heterocycles. The number of rotatable bonds is 8. The summed E-state index contributed by atoms with van der Waals surface area (Å²) >= 11 is 1.20. The average molecular weight is 338 g/mol. The van der Waals surface area contributed by atoms with Crippen molar-refractivity contribution in [2.75, 3.05) is 17.3 Å². The molecule has 21 heavy (non-hydrogen) atoms. The molecule has 0 aromatic rings. The van der Waals surface area contributed by atoms with E-state index in [1.165, 1.54) is 11.8 Å². The highest BCUT2D eigenvalue weighted by Crippen LogP contribution is 2.23. The molecule has 1 rings (SSSR count). The number of thioether (sulfide) groups is 1. The van der Waals surface area contributed by atoms with Gasteiger partial charge in [0.15, 0.2) is 9.84 Å². The van der Waals surface area contributed by atoms with Crippen molar-refractivity contribution >= 4 is 39.4 Å². The molecule has 10 heteroatoms. The number of nitrogens with two attached hydrogens (primary N) is 1. The molecule has 4 N–H and O–H groups in total. The summed E-state index contributed by atoms with van der Waals surface area (Å²) in [6.07, 6.45) is 0.300. The smallest absolute Gasteiger partial charge is 0.326 e. The van der Waals surface area contributed by atoms with Crippen molar-refractivity contribution in [2.24, 2.45) is 5.73 Å². The monoisotopic (exact) mass is 338 g/mol. The van der Waals surface area contributed by atoms with Gasteiger partial charge in [-0.05, 0) is 12.8 Å². The standard InChI is InChI=1S/C11H18N2O6S2/c12-9(14)2-1-8(11(16)17)13-10(15)5-20-7-3-4-21(18,19)6-7/h7-8H,1-6H2,(H2,12,14)(H,13,15)(H,16,17)/t7?,8-/m1/s1. The molecule has 1 heterocycles. The summed E-state index contributed by atoms with van der Waals surface area (Å²) in [6.45, 7) is 0. The van der Waals surface area contributed by atoms with Crippen molar-refractivity contribution in [3.63, 3.8) is 0 Å². The van der Waals surface area contributed by atoms with Crippen molar-refractivity contribution in [1.29, 1.82) is 0 Å². The van der Waals surface area contributed by atoms with Crippen LogP contribution < -0.4 is 11.1 Å². The first-order chi connectivity index (χ1) is 9.69. The molecule has 2 amide bonds. The second kappa shape index (κ2) is 7.64. The summed E-state index contributed by atoms with van der Waals surface area (Å²) in [4.78, 5) is 33.2. The molecule has 1 aliphatic rings. The second-order valence-corrected chi connectivity index (χ2v) is 8.32. The number of nitrogens with one attached hydrogen (secondary N) is 1. The Morgan fingerprint density at radius 3 is 2.52 bits per heavy atom. The number of amides is 2. The van der Waals surface area contributed by atoms with E-state index in [4.69, 9.17) is 10.8 Å². The van der Waals surface area contributed by atoms with Gasteiger partial charge in [-0.3, -0.25) is 9.59 Å². The van der Waals surface area contributed by atoms with Gasteiger partial charge in [0.1, 0.15) is 6.04 Å². The second-order valence-electron chi connectivity index (χ2n) is 4.80. The first kappa shape index (κ1) is 17.8. The lowest BCUT2D eigenvalue weighted by atomic mass is 10.1. The Morgan fingerprint density at radius 2 is 2.05 bits per heavy atom. The van der Waals surface area contributed by atoms with Gasteiger partial charge in [-0.2, -0.15) is 0 Å². The Morgan fingerprint density at radius 1 is 1.38 bits per heavy atom. The van der Waals surface area contributed by atoms with Gasteiger partial charge in [0, 0.05) is 11.7 Å². The number of sulfone groups is 1. The quantitative estimate of drug-likeness (QED) is 0.501. The van der Waals surface area contributed by atoms with Gasteiger partial charge in [-0.15, -0.1) is 11.8 Å². The van der Waals surface area contributed by atoms with Gasteiger partial charge < -0.3 is 16.2 Å². The van der Waals surface area contributed by atoms with E-state index in [2.05, 4.69) is 5.32 Å². The lowest BCUT2D eigenvalue weighted by Gasteiger charge is -2.14. The Balaban J connectivity index is 2.37. The van der Waals surface area contributed by atoms with E-state index in [-0.39, 0.29) is 35.4 Å². The molecule has 0 radical (unpaired) electrons. The zero-order valence-electron chi connectivity index (χ0n) is 11.3. The maximum atomic E-state index is 11.7. The number of carboxylic acids is 1. The first-order valence-electron chi connectivity index (χ1n) is 6.32. The normalized spacial score (nSPS) is 21.6. The van der Waals surface area contributed by atoms with Crippen molar-refractivity contribution < 1.29 is 27.9 Å². The fourth-order valence-corrected chi connectivity index (χ4v) is 5.32. The predicted molar refractivity (Wildman–Crippen MR) is 77.5 cm³/mol. The van der Waals surface area contributed by atoms with Crippen molar-refractivity contribution in [2.45, 2.75) is 30.6 Å². The molecule has 0 aliphatic carbocycles. The van der Waals surface area contributed by atoms with Gasteiger partial charge in [-0.1, -0.05) is 0 Å². The van der Waals surface area contributed by atoms with Gasteiger partial charge in [0.25, 0.3) is 0 Å². The minimum atomic E-state index is -3.00. The van der Waals surface area contributed by atoms with Crippen LogP contribution in [0.4, 0.5) is 0 Å². The molecule has 0 bridgehead atoms. The number of hydrogen-bond acceptors (Lipinski definition) is 6. The predicted octanol–water partition coefficient (Wildman–Crippen LogP) is -1.26. The van der Waals surface area contributed by atoms with Crippen LogP contribution in [0.15, 0.2) is 0 Å². The Bertz CT molecular complexity index is 519. The minimum Gasteiger partial charge on any atom is -0.480 e. The average Bonchev–Trinajstić information content (AvgIpc) is 2.71. The highest BCUT2D eigenvalue weighted by Gasteiger charge is 2.29. The maximum Gasteiger partial charge on any atom is 0.326 e. The van der Waals surface area contributed by atoms with Gasteiger partial charge in [0.05, 0.1) is 17.3 Å². The fraction of sp³-hybridized carbons (Fsp3) is 0.727. The summed E-state index contributed by atoms with van der Waals surface area (Å²) in [6, 6.07) is -1.17. The van der Waals surface area contributed by atoms with Crippen LogP contribution >= 0.6 is 11.8 Å². The van der Waals surface area contributed by atoms with Crippen molar-refractivity contribution in [3.8, 4) is 0 Å². The van der Waals surface area contributed by atoms with Gasteiger partial charge >= 0.3 is 5.97 Å². The summed E-state index contributed by atoms with van der Waals surface area (Å²) in [7, 11) is -3.00. The fourth-order valence-electron chi connectivity index (χ4n) is 1.87. The molecule has 8 nitrogen and oxygen atoms in total. The Kier molecular flexibility index (Phi) is 6.46. The third kappa shape index (κ3) is 6.80. The number of aliphatic carboxylic acids is 1. The first-order valence-corrected chi connectivity index (χ1v) is 9.19. The lowest BCUT2D eigenvalue weighted by molar-refractivity contribution is -0.141. The zero-order valence-corrected chi connectivity index (χ0v) is 12.9. The molecule has 120 valence electrons. The number of carbonyl (C=O) groups is 3. The number of carboxylic acid groups (broad SMARTS) is 1. The van der Waals surface area contributed by atoms with Gasteiger partial charge in [0.2, 0.25) is 11.8 Å². The van der Waals surface area contributed by atoms with Crippen LogP contribution in [-0.4, -0.2) is 59.9 Å². The van der Waals surface area contributed by atoms with E-state index < -0.39 is 33.7 Å². The van der Waals surface area contributed by atoms with Crippen LogP contribution in [0.1, 0.15) is 19.3 Å². The third-order valence-corrected chi connectivity index (χ3v) is 6.24. The van der Waals surface area contributed by atoms with Crippen LogP contribution in [-0.2, 0) is 24.2 Å². The SMILES string of the molecule is NC(=O)CC[C@@H](NC(=O)CSC1CCS(=O)(=O)C1)C(=O)O. The van der Waals surface area contributed by atoms with E-state index in [9.17, 15) is 22.8 Å². The lowest BCUT2D eigenvalue weighted by Crippen LogP contribution is -2.42. The maximum absolute atomic E-state index is 11.7. The number of hydrogen-bond donors (Lipinski definition) is 3. The van der Waals surface area contributed by atoms with Crippen LogP contribution in [0.5, 0.6) is 0 Å². The molecule has 0 spiro atoms. The molecule has 1 unspecified atom stereocenters. The topological polar surface area (TPSA) is 144 Å². The highest BCUT2D eigenvalue weighted by atomic mass is 32.2. The molecule has 0 aromatic heterocycles. The van der Waals surface area contributed by atoms with Gasteiger partial charge in [-0.25, -0.2) is 13.2 Å². The number of primary amides is 1. The van der Waals surface area contributed by atoms with Crippen molar-refractivity contribution in [3.05, 3.63) is 0 Å². The molecular weight excluding hydrogens is 320 g/mol. The molecular formula is C11H18N2O6S2. The van der Waals surface area contributed by atoms with Crippen molar-refractivity contribution in [1.82, 2.24) is 5.32 Å². The van der Waals surface area contributed by atoms with E-state index in [1.54, 1.807) is 0 Å². The van der Waals surface area contributed by atoms with E-state index >= 15 is 0 Å². The van der Waals surface area contributed by atoms with E-state index in [1.807, 2.05) is 0 Å². The van der Waals surface area contributed by atoms with E-state index in [0.717, 1.165) is 0 Å². The highest BCUT2D eigenvalue weighted by molar-refractivity contribution is 8.02. The molecule has 1 fully saturated rings. The molecule has 0 saturated carbocycles. The Hall–Kier alpha value is -1.29. The minimum absolute atomic E-state index is 0.0134. The summed E-state index contributed by atoms with van der Waals surface area (Å²) in [5, 5.41) is 11.1.